The lowest BCUT2D eigenvalue weighted by molar-refractivity contribution is 0.0975. The molecule has 2 aromatic rings. The van der Waals surface area contributed by atoms with Gasteiger partial charge in [0.25, 0.3) is 0 Å². The van der Waals surface area contributed by atoms with Crippen molar-refractivity contribution < 1.29 is 0 Å². The van der Waals surface area contributed by atoms with E-state index in [1.807, 2.05) is 4.68 Å². The molecule has 3 aliphatic heterocycles. The van der Waals surface area contributed by atoms with Crippen molar-refractivity contribution in [3.63, 3.8) is 0 Å². The maximum atomic E-state index is 4.14. The van der Waals surface area contributed by atoms with E-state index in [1.165, 1.54) is 43.7 Å². The van der Waals surface area contributed by atoms with E-state index in [2.05, 4.69) is 44.6 Å². The molecule has 1 N–H and O–H groups in total. The van der Waals surface area contributed by atoms with Crippen LogP contribution in [0.25, 0.3) is 0 Å². The predicted octanol–water partition coefficient (Wildman–Crippen LogP) is 1.83. The summed E-state index contributed by atoms with van der Waals surface area (Å²) in [5, 5.41) is 7.86. The summed E-state index contributed by atoms with van der Waals surface area (Å²) in [4.78, 5) is 6.55. The van der Waals surface area contributed by atoms with Crippen molar-refractivity contribution in [3.05, 3.63) is 42.5 Å². The zero-order valence-electron chi connectivity index (χ0n) is 12.2. The van der Waals surface area contributed by atoms with Gasteiger partial charge in [-0.15, -0.1) is 0 Å². The van der Waals surface area contributed by atoms with Crippen LogP contribution in [-0.2, 0) is 6.54 Å². The second-order valence-electron chi connectivity index (χ2n) is 6.18. The summed E-state index contributed by atoms with van der Waals surface area (Å²) in [6.45, 7) is 4.56. The Morgan fingerprint density at radius 2 is 1.95 bits per heavy atom. The first-order valence-corrected chi connectivity index (χ1v) is 7.77. The van der Waals surface area contributed by atoms with E-state index in [0.717, 1.165) is 12.5 Å². The number of benzene rings is 1. The molecule has 5 rings (SSSR count). The van der Waals surface area contributed by atoms with Crippen molar-refractivity contribution >= 4 is 5.69 Å². The lowest BCUT2D eigenvalue weighted by Crippen LogP contribution is -2.53. The van der Waals surface area contributed by atoms with Gasteiger partial charge >= 0.3 is 0 Å². The monoisotopic (exact) mass is 283 g/mol. The standard InChI is InChI=1S/C16H21N5/c1-3-15(4-2-13(1)9-21-12-17-11-18-21)19-16-10-20-7-5-14(16)6-8-20/h1-4,11-12,14,16,19H,5-10H2. The third-order valence-corrected chi connectivity index (χ3v) is 4.77. The largest absolute Gasteiger partial charge is 0.381 e. The number of anilines is 1. The molecule has 0 aliphatic carbocycles. The molecule has 110 valence electrons. The molecule has 4 heterocycles. The number of nitrogens with zero attached hydrogens (tertiary/aromatic N) is 4. The molecule has 1 atom stereocenters. The Labute approximate surface area is 125 Å². The SMILES string of the molecule is c1ncn(Cc2ccc(NC3CN4CCC3CC4)cc2)n1. The maximum Gasteiger partial charge on any atom is 0.137 e. The van der Waals surface area contributed by atoms with Crippen molar-refractivity contribution in [3.8, 4) is 0 Å². The van der Waals surface area contributed by atoms with Crippen LogP contribution < -0.4 is 5.32 Å². The molecule has 5 nitrogen and oxygen atoms in total. The van der Waals surface area contributed by atoms with E-state index in [-0.39, 0.29) is 0 Å². The van der Waals surface area contributed by atoms with Crippen LogP contribution in [0.15, 0.2) is 36.9 Å². The Balaban J connectivity index is 1.40. The third kappa shape index (κ3) is 2.78. The highest BCUT2D eigenvalue weighted by Crippen LogP contribution is 2.29. The molecule has 3 fully saturated rings. The first kappa shape index (κ1) is 12.8. The van der Waals surface area contributed by atoms with Crippen LogP contribution in [0, 0.1) is 5.92 Å². The maximum absolute atomic E-state index is 4.14. The fraction of sp³-hybridized carbons (Fsp3) is 0.500. The quantitative estimate of drug-likeness (QED) is 0.930. The first-order chi connectivity index (χ1) is 10.4. The summed E-state index contributed by atoms with van der Waals surface area (Å²) in [5.41, 5.74) is 2.48. The van der Waals surface area contributed by atoms with E-state index >= 15 is 0 Å². The molecule has 0 saturated carbocycles. The molecular formula is C16H21N5. The zero-order chi connectivity index (χ0) is 14.1. The highest BCUT2D eigenvalue weighted by molar-refractivity contribution is 5.46. The minimum atomic E-state index is 0.619. The second-order valence-corrected chi connectivity index (χ2v) is 6.18. The van der Waals surface area contributed by atoms with Crippen LogP contribution in [0.2, 0.25) is 0 Å². The van der Waals surface area contributed by atoms with Crippen LogP contribution >= 0.6 is 0 Å². The molecule has 21 heavy (non-hydrogen) atoms. The number of aromatic nitrogens is 3. The average molecular weight is 283 g/mol. The molecule has 3 aliphatic rings. The number of hydrogen-bond donors (Lipinski definition) is 1. The zero-order valence-corrected chi connectivity index (χ0v) is 12.2. The van der Waals surface area contributed by atoms with Gasteiger partial charge in [0.05, 0.1) is 6.54 Å². The van der Waals surface area contributed by atoms with Gasteiger partial charge in [-0.1, -0.05) is 12.1 Å². The first-order valence-electron chi connectivity index (χ1n) is 7.77. The molecule has 0 spiro atoms. The molecule has 2 bridgehead atoms. The Kier molecular flexibility index (Phi) is 3.35. The van der Waals surface area contributed by atoms with E-state index in [1.54, 1.807) is 12.7 Å². The Bertz CT molecular complexity index is 569. The smallest absolute Gasteiger partial charge is 0.137 e. The number of nitrogens with one attached hydrogen (secondary N) is 1. The van der Waals surface area contributed by atoms with Crippen molar-refractivity contribution in [2.24, 2.45) is 5.92 Å². The summed E-state index contributed by atoms with van der Waals surface area (Å²) in [5.74, 6) is 0.852. The third-order valence-electron chi connectivity index (χ3n) is 4.77. The lowest BCUT2D eigenvalue weighted by atomic mass is 9.84. The van der Waals surface area contributed by atoms with Gasteiger partial charge in [-0.3, -0.25) is 0 Å². The highest BCUT2D eigenvalue weighted by atomic mass is 15.3. The summed E-state index contributed by atoms with van der Waals surface area (Å²) in [6.07, 6.45) is 6.02. The van der Waals surface area contributed by atoms with Crippen molar-refractivity contribution in [1.29, 1.82) is 0 Å². The Morgan fingerprint density at radius 3 is 2.57 bits per heavy atom. The number of hydrogen-bond acceptors (Lipinski definition) is 4. The summed E-state index contributed by atoms with van der Waals surface area (Å²) in [6, 6.07) is 9.33. The van der Waals surface area contributed by atoms with E-state index in [0.29, 0.717) is 6.04 Å². The van der Waals surface area contributed by atoms with Gasteiger partial charge in [0.1, 0.15) is 12.7 Å². The van der Waals surface area contributed by atoms with Gasteiger partial charge in [0.15, 0.2) is 0 Å². The van der Waals surface area contributed by atoms with Crippen molar-refractivity contribution in [1.82, 2.24) is 19.7 Å². The molecule has 3 saturated heterocycles. The number of fused-ring (bicyclic) bond motifs is 3. The normalized spacial score (nSPS) is 27.7. The molecule has 1 unspecified atom stereocenters. The summed E-state index contributed by atoms with van der Waals surface area (Å²) >= 11 is 0. The van der Waals surface area contributed by atoms with Gasteiger partial charge in [0, 0.05) is 18.3 Å². The molecule has 1 aromatic carbocycles. The fourth-order valence-corrected chi connectivity index (χ4v) is 3.55. The highest BCUT2D eigenvalue weighted by Gasteiger charge is 2.33. The van der Waals surface area contributed by atoms with Crippen LogP contribution in [0.4, 0.5) is 5.69 Å². The van der Waals surface area contributed by atoms with Crippen LogP contribution in [0.1, 0.15) is 18.4 Å². The van der Waals surface area contributed by atoms with E-state index in [4.69, 9.17) is 0 Å². The van der Waals surface area contributed by atoms with Crippen molar-refractivity contribution in [2.45, 2.75) is 25.4 Å². The van der Waals surface area contributed by atoms with Crippen molar-refractivity contribution in [2.75, 3.05) is 25.0 Å². The Morgan fingerprint density at radius 1 is 1.14 bits per heavy atom. The predicted molar refractivity (Wildman–Crippen MR) is 82.1 cm³/mol. The second kappa shape index (κ2) is 5.48. The van der Waals surface area contributed by atoms with E-state index < -0.39 is 0 Å². The molecule has 0 radical (unpaired) electrons. The molecular weight excluding hydrogens is 262 g/mol. The van der Waals surface area contributed by atoms with Crippen LogP contribution in [-0.4, -0.2) is 45.3 Å². The van der Waals surface area contributed by atoms with Gasteiger partial charge < -0.3 is 10.2 Å². The minimum absolute atomic E-state index is 0.619. The van der Waals surface area contributed by atoms with Gasteiger partial charge in [0.2, 0.25) is 0 Å². The van der Waals surface area contributed by atoms with Crippen LogP contribution in [0.5, 0.6) is 0 Å². The average Bonchev–Trinajstić information content (AvgIpc) is 3.03. The number of rotatable bonds is 4. The van der Waals surface area contributed by atoms with Crippen LogP contribution in [0.3, 0.4) is 0 Å². The minimum Gasteiger partial charge on any atom is -0.381 e. The molecule has 5 heteroatoms. The van der Waals surface area contributed by atoms with Gasteiger partial charge in [-0.2, -0.15) is 5.10 Å². The van der Waals surface area contributed by atoms with Gasteiger partial charge in [-0.25, -0.2) is 9.67 Å². The summed E-state index contributed by atoms with van der Waals surface area (Å²) < 4.78 is 1.84. The fourth-order valence-electron chi connectivity index (χ4n) is 3.55. The van der Waals surface area contributed by atoms with Gasteiger partial charge in [-0.05, 0) is 49.5 Å². The van der Waals surface area contributed by atoms with E-state index in [9.17, 15) is 0 Å². The molecule has 0 amide bonds. The Hall–Kier alpha value is -1.88. The lowest BCUT2D eigenvalue weighted by Gasteiger charge is -2.45. The topological polar surface area (TPSA) is 46.0 Å². The summed E-state index contributed by atoms with van der Waals surface area (Å²) in [7, 11) is 0. The number of piperidine rings is 3. The molecule has 1 aromatic heterocycles.